The topological polar surface area (TPSA) is 74.6 Å². The first-order chi connectivity index (χ1) is 14.9. The minimum Gasteiger partial charge on any atom is -0.465 e. The van der Waals surface area contributed by atoms with Crippen LogP contribution in [-0.2, 0) is 20.8 Å². The van der Waals surface area contributed by atoms with Crippen LogP contribution in [0.25, 0.3) is 12.2 Å². The average molecular weight is 458 g/mol. The molecule has 0 saturated carbocycles. The van der Waals surface area contributed by atoms with Gasteiger partial charge in [-0.2, -0.15) is 0 Å². The molecule has 0 bridgehead atoms. The molecule has 160 valence electrons. The van der Waals surface area contributed by atoms with E-state index >= 15 is 0 Å². The second-order valence-corrected chi connectivity index (χ2v) is 7.98. The minimum atomic E-state index is -0.517. The van der Waals surface area contributed by atoms with Gasteiger partial charge < -0.3 is 9.47 Å². The summed E-state index contributed by atoms with van der Waals surface area (Å²) in [6.45, 7) is 2.19. The van der Waals surface area contributed by atoms with Crippen molar-refractivity contribution in [2.45, 2.75) is 13.5 Å². The van der Waals surface area contributed by atoms with Crippen molar-refractivity contribution in [2.75, 3.05) is 13.7 Å². The molecule has 0 aliphatic rings. The normalized spacial score (nSPS) is 12.1. The molecular weight excluding hydrogens is 438 g/mol. The van der Waals surface area contributed by atoms with Crippen LogP contribution in [0.15, 0.2) is 53.3 Å². The fourth-order valence-corrected chi connectivity index (χ4v) is 3.99. The number of carbonyl (C=O) groups is 2. The van der Waals surface area contributed by atoms with Gasteiger partial charge in [-0.15, -0.1) is 11.3 Å². The van der Waals surface area contributed by atoms with Gasteiger partial charge in [-0.1, -0.05) is 35.9 Å². The number of esters is 2. The fourth-order valence-electron chi connectivity index (χ4n) is 2.83. The molecule has 0 saturated heterocycles. The number of nitrogens with zero attached hydrogens (tertiary/aromatic N) is 1. The quantitative estimate of drug-likeness (QED) is 0.532. The third-order valence-electron chi connectivity index (χ3n) is 4.35. The number of thiazole rings is 1. The summed E-state index contributed by atoms with van der Waals surface area (Å²) in [5, 5.41) is 0.604. The number of benzene rings is 2. The summed E-state index contributed by atoms with van der Waals surface area (Å²) < 4.78 is 12.2. The van der Waals surface area contributed by atoms with Crippen LogP contribution in [0.2, 0.25) is 5.02 Å². The zero-order valence-corrected chi connectivity index (χ0v) is 18.5. The van der Waals surface area contributed by atoms with E-state index in [1.165, 1.54) is 29.1 Å². The molecular formula is C23H20ClNO5S. The highest BCUT2D eigenvalue weighted by Crippen LogP contribution is 2.10. The van der Waals surface area contributed by atoms with Gasteiger partial charge in [0.1, 0.15) is 4.66 Å². The Kier molecular flexibility index (Phi) is 7.44. The Morgan fingerprint density at radius 1 is 1.10 bits per heavy atom. The third kappa shape index (κ3) is 5.71. The lowest BCUT2D eigenvalue weighted by Crippen LogP contribution is -2.32. The highest BCUT2D eigenvalue weighted by atomic mass is 35.5. The molecule has 0 radical (unpaired) electrons. The smallest absolute Gasteiger partial charge is 0.337 e. The summed E-state index contributed by atoms with van der Waals surface area (Å²) in [6, 6.07) is 13.9. The lowest BCUT2D eigenvalue weighted by atomic mass is 10.1. The Balaban J connectivity index is 2.06. The maximum absolute atomic E-state index is 13.1. The van der Waals surface area contributed by atoms with Gasteiger partial charge in [-0.25, -0.2) is 9.59 Å². The summed E-state index contributed by atoms with van der Waals surface area (Å²) in [4.78, 5) is 36.7. The molecule has 0 unspecified atom stereocenters. The van der Waals surface area contributed by atoms with Crippen molar-refractivity contribution in [1.29, 1.82) is 0 Å². The van der Waals surface area contributed by atoms with Gasteiger partial charge >= 0.3 is 11.9 Å². The maximum Gasteiger partial charge on any atom is 0.337 e. The third-order valence-corrected chi connectivity index (χ3v) is 5.66. The fraction of sp³-hybridized carbons (Fsp3) is 0.174. The number of ether oxygens (including phenoxy) is 2. The molecule has 0 spiro atoms. The first kappa shape index (κ1) is 22.5. The van der Waals surface area contributed by atoms with Gasteiger partial charge in [0.2, 0.25) is 0 Å². The lowest BCUT2D eigenvalue weighted by Gasteiger charge is -2.04. The molecule has 2 aromatic carbocycles. The Hall–Kier alpha value is -3.16. The Morgan fingerprint density at radius 2 is 1.77 bits per heavy atom. The summed E-state index contributed by atoms with van der Waals surface area (Å²) in [5.74, 6) is -0.952. The molecule has 3 aromatic rings. The SMILES string of the molecule is CCOC(=O)C=c1sc(=Cc2ccc(Cl)cc2)c(=O)n1Cc1ccc(C(=O)OC)cc1. The predicted molar refractivity (Wildman–Crippen MR) is 121 cm³/mol. The van der Waals surface area contributed by atoms with Crippen LogP contribution < -0.4 is 14.8 Å². The minimum absolute atomic E-state index is 0.229. The first-order valence-corrected chi connectivity index (χ1v) is 10.6. The van der Waals surface area contributed by atoms with E-state index in [0.717, 1.165) is 11.1 Å². The van der Waals surface area contributed by atoms with E-state index in [4.69, 9.17) is 21.1 Å². The van der Waals surface area contributed by atoms with Crippen molar-refractivity contribution < 1.29 is 19.1 Å². The van der Waals surface area contributed by atoms with E-state index in [1.54, 1.807) is 49.4 Å². The van der Waals surface area contributed by atoms with Crippen molar-refractivity contribution in [3.63, 3.8) is 0 Å². The molecule has 6 nitrogen and oxygen atoms in total. The molecule has 0 atom stereocenters. The van der Waals surface area contributed by atoms with Crippen molar-refractivity contribution in [3.05, 3.63) is 89.8 Å². The number of aromatic nitrogens is 1. The van der Waals surface area contributed by atoms with Crippen molar-refractivity contribution in [1.82, 2.24) is 4.57 Å². The summed E-state index contributed by atoms with van der Waals surface area (Å²) in [6.07, 6.45) is 3.07. The molecule has 1 heterocycles. The number of halogens is 1. The van der Waals surface area contributed by atoms with E-state index in [0.29, 0.717) is 19.8 Å². The second-order valence-electron chi connectivity index (χ2n) is 6.48. The molecule has 0 aliphatic carbocycles. The van der Waals surface area contributed by atoms with Crippen molar-refractivity contribution >= 4 is 47.0 Å². The molecule has 31 heavy (non-hydrogen) atoms. The molecule has 3 rings (SSSR count). The second kappa shape index (κ2) is 10.2. The molecule has 0 aliphatic heterocycles. The van der Waals surface area contributed by atoms with Crippen LogP contribution in [0.1, 0.15) is 28.4 Å². The van der Waals surface area contributed by atoms with Crippen molar-refractivity contribution in [3.8, 4) is 0 Å². The van der Waals surface area contributed by atoms with Gasteiger partial charge in [0.15, 0.2) is 0 Å². The molecule has 8 heteroatoms. The Morgan fingerprint density at radius 3 is 2.39 bits per heavy atom. The monoisotopic (exact) mass is 457 g/mol. The molecule has 0 amide bonds. The van der Waals surface area contributed by atoms with Gasteiger partial charge in [0, 0.05) is 5.02 Å². The van der Waals surface area contributed by atoms with Crippen LogP contribution in [0, 0.1) is 0 Å². The van der Waals surface area contributed by atoms with Crippen LogP contribution in [0.5, 0.6) is 0 Å². The van der Waals surface area contributed by atoms with E-state index in [9.17, 15) is 14.4 Å². The summed E-state index contributed by atoms with van der Waals surface area (Å²) in [7, 11) is 1.32. The number of hydrogen-bond donors (Lipinski definition) is 0. The zero-order valence-electron chi connectivity index (χ0n) is 17.0. The largest absolute Gasteiger partial charge is 0.465 e. The average Bonchev–Trinajstić information content (AvgIpc) is 3.04. The predicted octanol–water partition coefficient (Wildman–Crippen LogP) is 2.57. The summed E-state index contributed by atoms with van der Waals surface area (Å²) in [5.41, 5.74) is 1.80. The first-order valence-electron chi connectivity index (χ1n) is 9.44. The molecule has 0 N–H and O–H groups in total. The number of methoxy groups -OCH3 is 1. The van der Waals surface area contributed by atoms with Crippen LogP contribution in [-0.4, -0.2) is 30.2 Å². The standard InChI is InChI=1S/C23H20ClNO5S/c1-3-30-21(26)13-20-25(14-16-4-8-17(9-5-16)23(28)29-2)22(27)19(31-20)12-15-6-10-18(24)11-7-15/h4-13H,3,14H2,1-2H3. The van der Waals surface area contributed by atoms with E-state index < -0.39 is 11.9 Å². The van der Waals surface area contributed by atoms with Crippen LogP contribution in [0.3, 0.4) is 0 Å². The van der Waals surface area contributed by atoms with Gasteiger partial charge in [-0.05, 0) is 48.4 Å². The summed E-state index contributed by atoms with van der Waals surface area (Å²) >= 11 is 7.13. The van der Waals surface area contributed by atoms with E-state index in [2.05, 4.69) is 0 Å². The van der Waals surface area contributed by atoms with E-state index in [-0.39, 0.29) is 18.7 Å². The molecule has 1 aromatic heterocycles. The highest BCUT2D eigenvalue weighted by molar-refractivity contribution is 7.07. The zero-order chi connectivity index (χ0) is 22.4. The van der Waals surface area contributed by atoms with Crippen molar-refractivity contribution in [2.24, 2.45) is 0 Å². The number of carbonyl (C=O) groups excluding carboxylic acids is 2. The van der Waals surface area contributed by atoms with Gasteiger partial charge in [0.25, 0.3) is 5.56 Å². The van der Waals surface area contributed by atoms with Gasteiger partial charge in [-0.3, -0.25) is 9.36 Å². The Bertz CT molecular complexity index is 1260. The number of rotatable bonds is 6. The number of hydrogen-bond acceptors (Lipinski definition) is 6. The van der Waals surface area contributed by atoms with Crippen LogP contribution in [0.4, 0.5) is 0 Å². The Labute approximate surface area is 187 Å². The van der Waals surface area contributed by atoms with Crippen LogP contribution >= 0.6 is 22.9 Å². The molecule has 0 fully saturated rings. The highest BCUT2D eigenvalue weighted by Gasteiger charge is 2.10. The lowest BCUT2D eigenvalue weighted by molar-refractivity contribution is -0.135. The van der Waals surface area contributed by atoms with E-state index in [1.807, 2.05) is 12.1 Å². The van der Waals surface area contributed by atoms with Gasteiger partial charge in [0.05, 0.1) is 36.4 Å². The maximum atomic E-state index is 13.1.